The number of hydrogen-bond donors (Lipinski definition) is 0. The van der Waals surface area contributed by atoms with Crippen LogP contribution in [0.2, 0.25) is 0 Å². The molecule has 1 saturated heterocycles. The van der Waals surface area contributed by atoms with E-state index in [9.17, 15) is 9.59 Å². The van der Waals surface area contributed by atoms with Crippen LogP contribution in [0.1, 0.15) is 22.8 Å². The van der Waals surface area contributed by atoms with E-state index in [0.717, 1.165) is 10.0 Å². The zero-order chi connectivity index (χ0) is 14.0. The molecular weight excluding hydrogens is 308 g/mol. The molecule has 102 valence electrons. The number of halogens is 1. The molecule has 5 heteroatoms. The zero-order valence-corrected chi connectivity index (χ0v) is 12.7. The Morgan fingerprint density at radius 1 is 1.11 bits per heavy atom. The van der Waals surface area contributed by atoms with E-state index in [4.69, 9.17) is 0 Å². The highest BCUT2D eigenvalue weighted by atomic mass is 79.9. The number of carbonyl (C=O) groups excluding carboxylic acids is 2. The Morgan fingerprint density at radius 2 is 1.68 bits per heavy atom. The monoisotopic (exact) mass is 324 g/mol. The fraction of sp³-hybridized carbons (Fsp3) is 0.429. The maximum atomic E-state index is 12.4. The topological polar surface area (TPSA) is 40.6 Å². The Hall–Kier alpha value is -1.36. The third-order valence-corrected chi connectivity index (χ3v) is 4.02. The molecule has 1 aromatic rings. The van der Waals surface area contributed by atoms with Gasteiger partial charge >= 0.3 is 0 Å². The van der Waals surface area contributed by atoms with Gasteiger partial charge in [0.15, 0.2) is 0 Å². The van der Waals surface area contributed by atoms with Crippen LogP contribution in [0, 0.1) is 6.92 Å². The summed E-state index contributed by atoms with van der Waals surface area (Å²) in [5.41, 5.74) is 1.80. The number of rotatable bonds is 1. The first-order valence-electron chi connectivity index (χ1n) is 6.30. The van der Waals surface area contributed by atoms with E-state index in [0.29, 0.717) is 31.7 Å². The maximum Gasteiger partial charge on any atom is 0.255 e. The molecule has 0 saturated carbocycles. The SMILES string of the molecule is CC(=O)N1CCN(C(=O)c2ccc(C)cc2Br)CC1. The third kappa shape index (κ3) is 3.15. The summed E-state index contributed by atoms with van der Waals surface area (Å²) in [5, 5.41) is 0. The van der Waals surface area contributed by atoms with Crippen LogP contribution in [-0.2, 0) is 4.79 Å². The first-order chi connectivity index (χ1) is 8.99. The summed E-state index contributed by atoms with van der Waals surface area (Å²) in [7, 11) is 0. The van der Waals surface area contributed by atoms with Crippen LogP contribution in [0.15, 0.2) is 22.7 Å². The molecule has 1 fully saturated rings. The summed E-state index contributed by atoms with van der Waals surface area (Å²) in [5.74, 6) is 0.0960. The van der Waals surface area contributed by atoms with Crippen molar-refractivity contribution in [1.29, 1.82) is 0 Å². The van der Waals surface area contributed by atoms with E-state index in [-0.39, 0.29) is 11.8 Å². The molecule has 19 heavy (non-hydrogen) atoms. The van der Waals surface area contributed by atoms with Crippen LogP contribution in [0.4, 0.5) is 0 Å². The molecule has 2 rings (SSSR count). The average Bonchev–Trinajstić information content (AvgIpc) is 2.38. The lowest BCUT2D eigenvalue weighted by molar-refractivity contribution is -0.130. The minimum Gasteiger partial charge on any atom is -0.339 e. The van der Waals surface area contributed by atoms with Crippen molar-refractivity contribution in [1.82, 2.24) is 9.80 Å². The molecule has 0 atom stereocenters. The highest BCUT2D eigenvalue weighted by Crippen LogP contribution is 2.20. The number of benzene rings is 1. The summed E-state index contributed by atoms with van der Waals surface area (Å²) >= 11 is 3.44. The highest BCUT2D eigenvalue weighted by molar-refractivity contribution is 9.10. The number of nitrogens with zero attached hydrogens (tertiary/aromatic N) is 2. The summed E-state index contributed by atoms with van der Waals surface area (Å²) < 4.78 is 0.825. The van der Waals surface area contributed by atoms with Gasteiger partial charge in [0.25, 0.3) is 5.91 Å². The van der Waals surface area contributed by atoms with Crippen molar-refractivity contribution in [2.75, 3.05) is 26.2 Å². The minimum atomic E-state index is 0.0232. The van der Waals surface area contributed by atoms with E-state index in [2.05, 4.69) is 15.9 Å². The predicted molar refractivity (Wildman–Crippen MR) is 77.0 cm³/mol. The van der Waals surface area contributed by atoms with Crippen LogP contribution >= 0.6 is 15.9 Å². The van der Waals surface area contributed by atoms with Gasteiger partial charge < -0.3 is 9.80 Å². The first-order valence-corrected chi connectivity index (χ1v) is 7.09. The number of aryl methyl sites for hydroxylation is 1. The number of piperazine rings is 1. The second-order valence-corrected chi connectivity index (χ2v) is 5.64. The molecular formula is C14H17BrN2O2. The third-order valence-electron chi connectivity index (χ3n) is 3.37. The fourth-order valence-corrected chi connectivity index (χ4v) is 2.85. The smallest absolute Gasteiger partial charge is 0.255 e. The molecule has 1 aliphatic rings. The Morgan fingerprint density at radius 3 is 2.21 bits per heavy atom. The Bertz CT molecular complexity index is 508. The molecule has 2 amide bonds. The van der Waals surface area contributed by atoms with E-state index in [1.807, 2.05) is 25.1 Å². The van der Waals surface area contributed by atoms with Gasteiger partial charge in [0.05, 0.1) is 5.56 Å². The van der Waals surface area contributed by atoms with Crippen molar-refractivity contribution in [3.05, 3.63) is 33.8 Å². The lowest BCUT2D eigenvalue weighted by Gasteiger charge is -2.34. The molecule has 0 N–H and O–H groups in total. The van der Waals surface area contributed by atoms with Gasteiger partial charge in [0.2, 0.25) is 5.91 Å². The van der Waals surface area contributed by atoms with Crippen LogP contribution in [0.25, 0.3) is 0 Å². The molecule has 0 radical (unpaired) electrons. The first kappa shape index (κ1) is 14.1. The predicted octanol–water partition coefficient (Wildman–Crippen LogP) is 2.06. The van der Waals surface area contributed by atoms with Gasteiger partial charge in [-0.3, -0.25) is 9.59 Å². The molecule has 1 heterocycles. The van der Waals surface area contributed by atoms with Gasteiger partial charge in [-0.05, 0) is 40.5 Å². The molecule has 0 aliphatic carbocycles. The van der Waals surface area contributed by atoms with Gasteiger partial charge in [-0.25, -0.2) is 0 Å². The molecule has 0 bridgehead atoms. The Labute approximate surface area is 121 Å². The van der Waals surface area contributed by atoms with Crippen LogP contribution in [0.3, 0.4) is 0 Å². The lowest BCUT2D eigenvalue weighted by Crippen LogP contribution is -2.50. The van der Waals surface area contributed by atoms with Crippen molar-refractivity contribution in [3.63, 3.8) is 0 Å². The average molecular weight is 325 g/mol. The largest absolute Gasteiger partial charge is 0.339 e. The quantitative estimate of drug-likeness (QED) is 0.793. The maximum absolute atomic E-state index is 12.4. The van der Waals surface area contributed by atoms with Gasteiger partial charge in [-0.15, -0.1) is 0 Å². The van der Waals surface area contributed by atoms with E-state index >= 15 is 0 Å². The Balaban J connectivity index is 2.07. The van der Waals surface area contributed by atoms with Crippen LogP contribution in [-0.4, -0.2) is 47.8 Å². The standard InChI is InChI=1S/C14H17BrN2O2/c1-10-3-4-12(13(15)9-10)14(19)17-7-5-16(6-8-17)11(2)18/h3-4,9H,5-8H2,1-2H3. The van der Waals surface area contributed by atoms with Gasteiger partial charge in [-0.1, -0.05) is 6.07 Å². The zero-order valence-electron chi connectivity index (χ0n) is 11.1. The number of amides is 2. The van der Waals surface area contributed by atoms with Gasteiger partial charge in [0.1, 0.15) is 0 Å². The molecule has 0 unspecified atom stereocenters. The van der Waals surface area contributed by atoms with Crippen molar-refractivity contribution in [2.24, 2.45) is 0 Å². The number of hydrogen-bond acceptors (Lipinski definition) is 2. The molecule has 1 aromatic carbocycles. The summed E-state index contributed by atoms with van der Waals surface area (Å²) in [4.78, 5) is 27.2. The van der Waals surface area contributed by atoms with Crippen LogP contribution in [0.5, 0.6) is 0 Å². The second-order valence-electron chi connectivity index (χ2n) is 4.78. The van der Waals surface area contributed by atoms with E-state index in [1.54, 1.807) is 16.7 Å². The number of carbonyl (C=O) groups is 2. The molecule has 0 spiro atoms. The molecule has 4 nitrogen and oxygen atoms in total. The summed E-state index contributed by atoms with van der Waals surface area (Å²) in [6, 6.07) is 5.72. The van der Waals surface area contributed by atoms with Crippen molar-refractivity contribution in [3.8, 4) is 0 Å². The Kier molecular flexibility index (Phi) is 4.24. The van der Waals surface area contributed by atoms with Gasteiger partial charge in [0, 0.05) is 37.6 Å². The van der Waals surface area contributed by atoms with Crippen molar-refractivity contribution >= 4 is 27.7 Å². The molecule has 1 aliphatic heterocycles. The van der Waals surface area contributed by atoms with Crippen molar-refractivity contribution < 1.29 is 9.59 Å². The second kappa shape index (κ2) is 5.74. The normalized spacial score (nSPS) is 15.5. The van der Waals surface area contributed by atoms with Crippen molar-refractivity contribution in [2.45, 2.75) is 13.8 Å². The summed E-state index contributed by atoms with van der Waals surface area (Å²) in [6.07, 6.45) is 0. The van der Waals surface area contributed by atoms with Crippen LogP contribution < -0.4 is 0 Å². The van der Waals surface area contributed by atoms with Gasteiger partial charge in [-0.2, -0.15) is 0 Å². The fourth-order valence-electron chi connectivity index (χ4n) is 2.19. The van der Waals surface area contributed by atoms with E-state index in [1.165, 1.54) is 0 Å². The van der Waals surface area contributed by atoms with E-state index < -0.39 is 0 Å². The lowest BCUT2D eigenvalue weighted by atomic mass is 10.1. The summed E-state index contributed by atoms with van der Waals surface area (Å²) in [6.45, 7) is 5.98. The highest BCUT2D eigenvalue weighted by Gasteiger charge is 2.24. The minimum absolute atomic E-state index is 0.0232. The molecule has 0 aromatic heterocycles.